The van der Waals surface area contributed by atoms with Gasteiger partial charge >= 0.3 is 11.9 Å². The van der Waals surface area contributed by atoms with Crippen LogP contribution in [-0.4, -0.2) is 36.7 Å². The Hall–Kier alpha value is -3.03. The van der Waals surface area contributed by atoms with E-state index in [0.717, 1.165) is 7.11 Å². The molecule has 0 spiro atoms. The second-order valence-electron chi connectivity index (χ2n) is 5.44. The Balaban J connectivity index is 2.74. The van der Waals surface area contributed by atoms with E-state index in [9.17, 15) is 19.7 Å². The third-order valence-electron chi connectivity index (χ3n) is 4.06. The molecule has 0 N–H and O–H groups in total. The third-order valence-corrected chi connectivity index (χ3v) is 4.06. The number of hydrogen-bond donors (Lipinski definition) is 0. The second-order valence-corrected chi connectivity index (χ2v) is 5.44. The number of carbonyl (C=O) groups is 2. The first-order valence-corrected chi connectivity index (χ1v) is 7.28. The molecule has 0 aliphatic carbocycles. The van der Waals surface area contributed by atoms with Crippen molar-refractivity contribution in [3.63, 3.8) is 0 Å². The molecule has 0 bridgehead atoms. The zero-order valence-electron chi connectivity index (χ0n) is 16.8. The zero-order chi connectivity index (χ0) is 21.2. The summed E-state index contributed by atoms with van der Waals surface area (Å²) < 4.78 is 30.8. The summed E-state index contributed by atoms with van der Waals surface area (Å²) in [6.07, 6.45) is 0. The number of carbonyl (C=O) groups excluding carboxylic acids is 2. The van der Waals surface area contributed by atoms with Crippen molar-refractivity contribution in [3.05, 3.63) is 51.2 Å². The fraction of sp³-hybridized carbons (Fsp3) is 0.353. The van der Waals surface area contributed by atoms with E-state index in [1.807, 2.05) is 0 Å². The number of nitrogens with zero attached hydrogens (tertiary/aromatic N) is 2. The maximum absolute atomic E-state index is 12.6. The average Bonchev–Trinajstić information content (AvgIpc) is 2.58. The molecule has 132 valence electrons. The summed E-state index contributed by atoms with van der Waals surface area (Å²) in [4.78, 5) is 40.1. The molecule has 0 amide bonds. The lowest BCUT2D eigenvalue weighted by molar-refractivity contribution is -0.385. The van der Waals surface area contributed by atoms with Crippen molar-refractivity contribution in [1.82, 2.24) is 0 Å². The van der Waals surface area contributed by atoms with E-state index in [1.54, 1.807) is 0 Å². The van der Waals surface area contributed by atoms with Crippen LogP contribution in [0, 0.1) is 16.0 Å². The maximum Gasteiger partial charge on any atom is 0.336 e. The molecule has 8 nitrogen and oxygen atoms in total. The first-order chi connectivity index (χ1) is 13.0. The van der Waals surface area contributed by atoms with E-state index in [1.165, 1.54) is 38.1 Å². The second kappa shape index (κ2) is 7.25. The van der Waals surface area contributed by atoms with Crippen molar-refractivity contribution >= 4 is 23.3 Å². The minimum Gasteiger partial charge on any atom is -0.468 e. The van der Waals surface area contributed by atoms with Crippen LogP contribution in [0.4, 0.5) is 5.69 Å². The van der Waals surface area contributed by atoms with E-state index in [2.05, 4.69) is 9.73 Å². The first-order valence-electron chi connectivity index (χ1n) is 8.78. The van der Waals surface area contributed by atoms with Crippen LogP contribution in [-0.2, 0) is 19.1 Å². The number of hydrogen-bond acceptors (Lipinski definition) is 7. The highest BCUT2D eigenvalue weighted by Crippen LogP contribution is 2.43. The summed E-state index contributed by atoms with van der Waals surface area (Å²) in [5.41, 5.74) is 0.0277. The summed E-state index contributed by atoms with van der Waals surface area (Å²) in [5, 5.41) is 11.5. The fourth-order valence-electron chi connectivity index (χ4n) is 3.03. The van der Waals surface area contributed by atoms with Crippen molar-refractivity contribution < 1.29 is 28.1 Å². The zero-order valence-corrected chi connectivity index (χ0v) is 13.8. The molecule has 0 radical (unpaired) electrons. The average molecular weight is 349 g/mol. The summed E-state index contributed by atoms with van der Waals surface area (Å²) >= 11 is 0. The lowest BCUT2D eigenvalue weighted by Gasteiger charge is -2.30. The van der Waals surface area contributed by atoms with Crippen LogP contribution in [0.1, 0.15) is 29.4 Å². The Bertz CT molecular complexity index is 891. The third kappa shape index (κ3) is 3.28. The number of para-hydroxylation sites is 1. The van der Waals surface area contributed by atoms with Gasteiger partial charge in [0, 0.05) is 29.0 Å². The highest BCUT2D eigenvalue weighted by molar-refractivity contribution is 6.07. The Morgan fingerprint density at radius 2 is 1.96 bits per heavy atom. The van der Waals surface area contributed by atoms with Gasteiger partial charge in [-0.25, -0.2) is 4.79 Å². The van der Waals surface area contributed by atoms with Crippen molar-refractivity contribution in [1.29, 1.82) is 0 Å². The van der Waals surface area contributed by atoms with Crippen molar-refractivity contribution in [3.8, 4) is 0 Å². The predicted molar refractivity (Wildman–Crippen MR) is 89.2 cm³/mol. The molecule has 2 rings (SSSR count). The van der Waals surface area contributed by atoms with Crippen LogP contribution in [0.25, 0.3) is 0 Å². The number of allylic oxidation sites excluding steroid dienone is 1. The topological polar surface area (TPSA) is 108 Å². The van der Waals surface area contributed by atoms with Gasteiger partial charge in [-0.1, -0.05) is 18.2 Å². The van der Waals surface area contributed by atoms with Crippen LogP contribution < -0.4 is 0 Å². The molecule has 1 aliphatic rings. The molecule has 0 aromatic heterocycles. The smallest absolute Gasteiger partial charge is 0.336 e. The molecule has 1 heterocycles. The minimum absolute atomic E-state index is 0.0500. The number of ether oxygens (including phenoxy) is 2. The van der Waals surface area contributed by atoms with Gasteiger partial charge < -0.3 is 9.47 Å². The summed E-state index contributed by atoms with van der Waals surface area (Å²) in [6.45, 7) is 2.97. The Kier molecular flexibility index (Phi) is 4.15. The lowest BCUT2D eigenvalue weighted by Crippen LogP contribution is -2.36. The molecule has 25 heavy (non-hydrogen) atoms. The van der Waals surface area contributed by atoms with Gasteiger partial charge in [-0.05, 0) is 13.8 Å². The van der Waals surface area contributed by atoms with Crippen LogP contribution in [0.5, 0.6) is 0 Å². The minimum atomic E-state index is -3.02. The van der Waals surface area contributed by atoms with Crippen LogP contribution in [0.2, 0.25) is 0 Å². The lowest BCUT2D eigenvalue weighted by atomic mass is 9.75. The monoisotopic (exact) mass is 349 g/mol. The summed E-state index contributed by atoms with van der Waals surface area (Å²) in [7, 11) is -1.90. The highest BCUT2D eigenvalue weighted by Gasteiger charge is 2.44. The number of methoxy groups -OCH3 is 2. The van der Waals surface area contributed by atoms with E-state index in [-0.39, 0.29) is 28.2 Å². The molecule has 1 aliphatic heterocycles. The van der Waals surface area contributed by atoms with Crippen molar-refractivity contribution in [2.45, 2.75) is 19.8 Å². The van der Waals surface area contributed by atoms with Crippen molar-refractivity contribution in [2.24, 2.45) is 10.9 Å². The Labute approximate surface area is 148 Å². The van der Waals surface area contributed by atoms with Crippen LogP contribution in [0.3, 0.4) is 0 Å². The van der Waals surface area contributed by atoms with Gasteiger partial charge in [0.15, 0.2) is 0 Å². The normalized spacial score (nSPS) is 22.2. The van der Waals surface area contributed by atoms with Crippen LogP contribution >= 0.6 is 0 Å². The molecular formula is C17H18N2O6. The maximum atomic E-state index is 12.6. The molecule has 0 saturated heterocycles. The Morgan fingerprint density at radius 3 is 2.56 bits per heavy atom. The quantitative estimate of drug-likeness (QED) is 0.469. The highest BCUT2D eigenvalue weighted by atomic mass is 16.6. The van der Waals surface area contributed by atoms with E-state index >= 15 is 0 Å². The van der Waals surface area contributed by atoms with Gasteiger partial charge in [-0.2, -0.15) is 0 Å². The molecule has 2 atom stereocenters. The number of nitro benzene ring substituents is 1. The van der Waals surface area contributed by atoms with Gasteiger partial charge in [0.2, 0.25) is 0 Å². The standard InChI is InChI=1S/C17H18N2O6/c1-9-13(16(20)24-3)15(14(10(2)18-9)17(21)25-4)11-7-5-6-8-12(11)19(22)23/h5-8,13,15H,1-4H3/i3D3. The van der Waals surface area contributed by atoms with Gasteiger partial charge in [0.1, 0.15) is 5.92 Å². The molecular weight excluding hydrogens is 328 g/mol. The van der Waals surface area contributed by atoms with E-state index in [0.29, 0.717) is 0 Å². The Morgan fingerprint density at radius 1 is 1.28 bits per heavy atom. The van der Waals surface area contributed by atoms with Gasteiger partial charge in [-0.3, -0.25) is 19.9 Å². The first kappa shape index (κ1) is 14.3. The van der Waals surface area contributed by atoms with E-state index in [4.69, 9.17) is 8.85 Å². The number of esters is 2. The molecule has 8 heteroatoms. The molecule has 1 aromatic carbocycles. The molecule has 0 fully saturated rings. The largest absolute Gasteiger partial charge is 0.468 e. The number of nitro groups is 1. The van der Waals surface area contributed by atoms with Gasteiger partial charge in [0.25, 0.3) is 5.69 Å². The number of aliphatic imine (C=N–C) groups is 1. The predicted octanol–water partition coefficient (Wildman–Crippen LogP) is 2.39. The van der Waals surface area contributed by atoms with Gasteiger partial charge in [0.05, 0.1) is 28.8 Å². The molecule has 1 aromatic rings. The van der Waals surface area contributed by atoms with Crippen molar-refractivity contribution in [2.75, 3.05) is 14.1 Å². The number of benzene rings is 1. The molecule has 0 saturated carbocycles. The number of rotatable bonds is 4. The fourth-order valence-corrected chi connectivity index (χ4v) is 3.03. The summed E-state index contributed by atoms with van der Waals surface area (Å²) in [6, 6.07) is 5.58. The summed E-state index contributed by atoms with van der Waals surface area (Å²) in [5.74, 6) is -4.54. The van der Waals surface area contributed by atoms with E-state index < -0.39 is 35.7 Å². The molecule has 2 unspecified atom stereocenters. The van der Waals surface area contributed by atoms with Crippen LogP contribution in [0.15, 0.2) is 40.5 Å². The SMILES string of the molecule is [2H]C([2H])([2H])OC(=O)C1C(C)=NC(C)=C(C(=O)OC)C1c1ccccc1[N+](=O)[O-]. The van der Waals surface area contributed by atoms with Gasteiger partial charge in [-0.15, -0.1) is 0 Å².